The van der Waals surface area contributed by atoms with Crippen LogP contribution in [0, 0.1) is 0 Å². The lowest BCUT2D eigenvalue weighted by Gasteiger charge is -2.25. The van der Waals surface area contributed by atoms with Crippen molar-refractivity contribution < 1.29 is 9.59 Å². The first-order valence-electron chi connectivity index (χ1n) is 10.7. The van der Waals surface area contributed by atoms with Crippen LogP contribution in [0.15, 0.2) is 48.5 Å². The Labute approximate surface area is 227 Å². The SMILES string of the molecule is CC(NC(C)(C)C)C(=O)c1cccc(Cl)c1.CC(NC(C)(C)C)C(=O)c1cccc(Cl)c1.Cl.Cl. The Bertz CT molecular complexity index is 846. The molecule has 0 aliphatic carbocycles. The van der Waals surface area contributed by atoms with Crippen LogP contribution in [0.3, 0.4) is 0 Å². The first-order valence-corrected chi connectivity index (χ1v) is 11.5. The molecule has 0 amide bonds. The number of nitrogens with one attached hydrogen (secondary N) is 2. The Morgan fingerprint density at radius 3 is 1.21 bits per heavy atom. The fraction of sp³-hybridized carbons (Fsp3) is 0.462. The second kappa shape index (κ2) is 15.1. The van der Waals surface area contributed by atoms with Crippen molar-refractivity contribution in [1.29, 1.82) is 0 Å². The van der Waals surface area contributed by atoms with Crippen molar-refractivity contribution in [3.05, 3.63) is 69.7 Å². The van der Waals surface area contributed by atoms with Crippen LogP contribution in [-0.2, 0) is 0 Å². The zero-order valence-corrected chi connectivity index (χ0v) is 24.3. The first kappa shape index (κ1) is 35.0. The fourth-order valence-electron chi connectivity index (χ4n) is 3.21. The Morgan fingerprint density at radius 2 is 0.971 bits per heavy atom. The van der Waals surface area contributed by atoms with Gasteiger partial charge >= 0.3 is 0 Å². The molecule has 4 nitrogen and oxygen atoms in total. The number of rotatable bonds is 6. The number of ketones is 2. The summed E-state index contributed by atoms with van der Waals surface area (Å²) in [6.45, 7) is 16.0. The average molecular weight is 552 g/mol. The largest absolute Gasteiger partial charge is 0.303 e. The van der Waals surface area contributed by atoms with Crippen molar-refractivity contribution in [1.82, 2.24) is 10.6 Å². The van der Waals surface area contributed by atoms with E-state index in [1.54, 1.807) is 48.5 Å². The first-order chi connectivity index (χ1) is 14.6. The summed E-state index contributed by atoms with van der Waals surface area (Å²) in [5.74, 6) is 0.134. The zero-order chi connectivity index (χ0) is 24.7. The maximum absolute atomic E-state index is 12.1. The highest BCUT2D eigenvalue weighted by atomic mass is 35.5. The van der Waals surface area contributed by atoms with Crippen LogP contribution < -0.4 is 10.6 Å². The smallest absolute Gasteiger partial charge is 0.179 e. The minimum absolute atomic E-state index is 0. The van der Waals surface area contributed by atoms with Gasteiger partial charge in [0.25, 0.3) is 0 Å². The van der Waals surface area contributed by atoms with Gasteiger partial charge in [-0.2, -0.15) is 0 Å². The van der Waals surface area contributed by atoms with Crippen LogP contribution in [0.4, 0.5) is 0 Å². The summed E-state index contributed by atoms with van der Waals surface area (Å²) < 4.78 is 0. The Kier molecular flexibility index (Phi) is 15.5. The summed E-state index contributed by atoms with van der Waals surface area (Å²) in [6, 6.07) is 13.7. The predicted molar refractivity (Wildman–Crippen MR) is 151 cm³/mol. The van der Waals surface area contributed by atoms with Gasteiger partial charge in [-0.25, -0.2) is 0 Å². The molecule has 0 aliphatic rings. The van der Waals surface area contributed by atoms with Crippen molar-refractivity contribution in [2.45, 2.75) is 78.6 Å². The lowest BCUT2D eigenvalue weighted by atomic mass is 10.0. The van der Waals surface area contributed by atoms with Crippen molar-refractivity contribution >= 4 is 59.6 Å². The second-order valence-electron chi connectivity index (χ2n) is 9.98. The van der Waals surface area contributed by atoms with Crippen molar-refractivity contribution in [2.24, 2.45) is 0 Å². The molecular formula is C26H38Cl4N2O2. The van der Waals surface area contributed by atoms with Gasteiger partial charge in [0, 0.05) is 32.3 Å². The van der Waals surface area contributed by atoms with E-state index in [1.807, 2.05) is 55.4 Å². The van der Waals surface area contributed by atoms with Crippen molar-refractivity contribution in [2.75, 3.05) is 0 Å². The Hall–Kier alpha value is -1.14. The van der Waals surface area contributed by atoms with Gasteiger partial charge < -0.3 is 10.6 Å². The predicted octanol–water partition coefficient (Wildman–Crippen LogP) is 7.44. The van der Waals surface area contributed by atoms with E-state index in [1.165, 1.54) is 0 Å². The van der Waals surface area contributed by atoms with Crippen LogP contribution in [-0.4, -0.2) is 34.7 Å². The van der Waals surface area contributed by atoms with Gasteiger partial charge in [0.1, 0.15) is 0 Å². The zero-order valence-electron chi connectivity index (χ0n) is 21.2. The Morgan fingerprint density at radius 1 is 0.676 bits per heavy atom. The molecule has 2 rings (SSSR count). The van der Waals surface area contributed by atoms with Gasteiger partial charge in [-0.3, -0.25) is 9.59 Å². The molecule has 0 fully saturated rings. The highest BCUT2D eigenvalue weighted by Crippen LogP contribution is 2.14. The van der Waals surface area contributed by atoms with E-state index in [-0.39, 0.29) is 59.5 Å². The van der Waals surface area contributed by atoms with Gasteiger partial charge in [0.15, 0.2) is 11.6 Å². The lowest BCUT2D eigenvalue weighted by Crippen LogP contribution is -2.46. The maximum Gasteiger partial charge on any atom is 0.179 e. The molecule has 2 aromatic carbocycles. The molecule has 192 valence electrons. The number of carbonyl (C=O) groups is 2. The molecule has 0 bridgehead atoms. The topological polar surface area (TPSA) is 58.2 Å². The van der Waals surface area contributed by atoms with Gasteiger partial charge in [-0.15, -0.1) is 24.8 Å². The van der Waals surface area contributed by atoms with E-state index in [0.717, 1.165) is 0 Å². The highest BCUT2D eigenvalue weighted by Gasteiger charge is 2.21. The molecule has 0 aliphatic heterocycles. The van der Waals surface area contributed by atoms with Gasteiger partial charge in [-0.1, -0.05) is 47.5 Å². The number of benzene rings is 2. The summed E-state index contributed by atoms with van der Waals surface area (Å²) in [6.07, 6.45) is 0. The Balaban J connectivity index is 0. The van der Waals surface area contributed by atoms with E-state index in [0.29, 0.717) is 21.2 Å². The molecule has 8 heteroatoms. The van der Waals surface area contributed by atoms with Gasteiger partial charge in [0.05, 0.1) is 12.1 Å². The van der Waals surface area contributed by atoms with Crippen LogP contribution >= 0.6 is 48.0 Å². The van der Waals surface area contributed by atoms with Gasteiger partial charge in [-0.05, 0) is 79.7 Å². The summed E-state index contributed by atoms with van der Waals surface area (Å²) in [5.41, 5.74) is 1.15. The summed E-state index contributed by atoms with van der Waals surface area (Å²) in [4.78, 5) is 24.1. The number of hydrogen-bond acceptors (Lipinski definition) is 4. The third kappa shape index (κ3) is 13.7. The quantitative estimate of drug-likeness (QED) is 0.366. The fourth-order valence-corrected chi connectivity index (χ4v) is 3.59. The standard InChI is InChI=1S/2C13H18ClNO.2ClH/c2*1-9(15-13(2,3)4)12(16)10-6-5-7-11(14)8-10;;/h2*5-9,15H,1-4H3;2*1H. The average Bonchev–Trinajstić information content (AvgIpc) is 2.64. The molecule has 2 unspecified atom stereocenters. The molecule has 0 spiro atoms. The van der Waals surface area contributed by atoms with E-state index in [2.05, 4.69) is 10.6 Å². The molecule has 0 saturated carbocycles. The monoisotopic (exact) mass is 550 g/mol. The molecule has 0 heterocycles. The minimum atomic E-state index is -0.210. The van der Waals surface area contributed by atoms with Gasteiger partial charge in [0.2, 0.25) is 0 Å². The van der Waals surface area contributed by atoms with E-state index in [4.69, 9.17) is 23.2 Å². The summed E-state index contributed by atoms with van der Waals surface area (Å²) >= 11 is 11.7. The molecule has 0 aromatic heterocycles. The summed E-state index contributed by atoms with van der Waals surface area (Å²) in [7, 11) is 0. The third-order valence-electron chi connectivity index (χ3n) is 4.30. The number of hydrogen-bond donors (Lipinski definition) is 2. The van der Waals surface area contributed by atoms with Crippen molar-refractivity contribution in [3.63, 3.8) is 0 Å². The van der Waals surface area contributed by atoms with Crippen LogP contribution in [0.2, 0.25) is 10.0 Å². The molecule has 0 radical (unpaired) electrons. The molecule has 2 N–H and O–H groups in total. The highest BCUT2D eigenvalue weighted by molar-refractivity contribution is 6.31. The second-order valence-corrected chi connectivity index (χ2v) is 10.9. The van der Waals surface area contributed by atoms with Crippen LogP contribution in [0.5, 0.6) is 0 Å². The minimum Gasteiger partial charge on any atom is -0.303 e. The molecule has 2 aromatic rings. The van der Waals surface area contributed by atoms with Crippen molar-refractivity contribution in [3.8, 4) is 0 Å². The maximum atomic E-state index is 12.1. The molecule has 0 saturated heterocycles. The molecular weight excluding hydrogens is 514 g/mol. The normalized spacial score (nSPS) is 12.8. The van der Waals surface area contributed by atoms with E-state index < -0.39 is 0 Å². The number of halogens is 4. The van der Waals surface area contributed by atoms with E-state index in [9.17, 15) is 9.59 Å². The summed E-state index contributed by atoms with van der Waals surface area (Å²) in [5, 5.41) is 7.67. The third-order valence-corrected chi connectivity index (χ3v) is 4.77. The molecule has 2 atom stereocenters. The lowest BCUT2D eigenvalue weighted by molar-refractivity contribution is 0.0929. The van der Waals surface area contributed by atoms with Crippen LogP contribution in [0.1, 0.15) is 76.1 Å². The van der Waals surface area contributed by atoms with E-state index >= 15 is 0 Å². The number of Topliss-reactive ketones (excluding diaryl/α,β-unsaturated/α-hetero) is 2. The van der Waals surface area contributed by atoms with Crippen LogP contribution in [0.25, 0.3) is 0 Å². The molecule has 34 heavy (non-hydrogen) atoms. The number of carbonyl (C=O) groups excluding carboxylic acids is 2.